The van der Waals surface area contributed by atoms with Gasteiger partial charge < -0.3 is 29.5 Å². The summed E-state index contributed by atoms with van der Waals surface area (Å²) in [7, 11) is 5.59. The van der Waals surface area contributed by atoms with Crippen molar-refractivity contribution in [3.05, 3.63) is 70.2 Å². The number of nitrogens with zero attached hydrogens (tertiary/aromatic N) is 10. The molecule has 1 aromatic carbocycles. The van der Waals surface area contributed by atoms with E-state index >= 15 is 0 Å². The number of likely N-dealkylation sites (tertiary alicyclic amines) is 2. The fraction of sp³-hybridized carbons (Fsp3) is 0.612. The molecule has 5 aliphatic heterocycles. The molecule has 0 bridgehead atoms. The summed E-state index contributed by atoms with van der Waals surface area (Å²) in [5.74, 6) is 1.20. The van der Waals surface area contributed by atoms with Crippen LogP contribution in [-0.4, -0.2) is 146 Å². The van der Waals surface area contributed by atoms with E-state index in [1.165, 1.54) is 37.4 Å². The van der Waals surface area contributed by atoms with Crippen LogP contribution in [0.4, 0.5) is 20.3 Å². The minimum absolute atomic E-state index is 0.119. The molecule has 372 valence electrons. The Kier molecular flexibility index (Phi) is 14.6. The van der Waals surface area contributed by atoms with Gasteiger partial charge in [0, 0.05) is 59.1 Å². The lowest BCUT2D eigenvalue weighted by Crippen LogP contribution is -2.59. The number of rotatable bonds is 9. The number of aryl methyl sites for hydroxylation is 1. The monoisotopic (exact) mass is 957 g/mol. The molecule has 18 nitrogen and oxygen atoms in total. The van der Waals surface area contributed by atoms with Crippen molar-refractivity contribution < 1.29 is 32.6 Å². The van der Waals surface area contributed by atoms with Crippen molar-refractivity contribution in [2.75, 3.05) is 83.4 Å². The molecule has 1 aliphatic carbocycles. The number of anilines is 2. The van der Waals surface area contributed by atoms with Crippen molar-refractivity contribution in [2.45, 2.75) is 107 Å². The molecule has 4 aromatic heterocycles. The average molecular weight is 957 g/mol. The van der Waals surface area contributed by atoms with Gasteiger partial charge in [-0.1, -0.05) is 31.4 Å². The minimum Gasteiger partial charge on any atom is -0.385 e. The van der Waals surface area contributed by atoms with Crippen molar-refractivity contribution in [1.29, 1.82) is 0 Å². The molecule has 5 aromatic rings. The SMILES string of the molecule is CN1CC2(CC(CN3CCC(c4cccc5c4n(C)c(=O)n5C4CCC(=O)NC4=O)CC3)CO2)C1.CNc1cn(C2CCCCC2)nc1C(F)F.C[C@@H]1COCCN1c1ccn2ncc(C=O)c2n1. The third kappa shape index (κ3) is 10.2. The topological polar surface area (TPSA) is 178 Å². The number of para-hydroxylation sites is 1. The Bertz CT molecular complexity index is 2680. The van der Waals surface area contributed by atoms with E-state index in [1.54, 1.807) is 38.6 Å². The number of hydrogen-bond acceptors (Lipinski definition) is 13. The van der Waals surface area contributed by atoms with Crippen LogP contribution in [0.2, 0.25) is 0 Å². The lowest BCUT2D eigenvalue weighted by Gasteiger charge is -2.45. The van der Waals surface area contributed by atoms with Gasteiger partial charge in [-0.3, -0.25) is 33.5 Å². The summed E-state index contributed by atoms with van der Waals surface area (Å²) in [4.78, 5) is 59.9. The first kappa shape index (κ1) is 48.5. The molecule has 2 amide bonds. The number of nitrogens with one attached hydrogen (secondary N) is 2. The maximum Gasteiger partial charge on any atom is 0.329 e. The van der Waals surface area contributed by atoms with E-state index in [-0.39, 0.29) is 41.3 Å². The van der Waals surface area contributed by atoms with Crippen molar-refractivity contribution in [2.24, 2.45) is 13.0 Å². The molecule has 2 unspecified atom stereocenters. The van der Waals surface area contributed by atoms with Gasteiger partial charge in [-0.15, -0.1) is 0 Å². The van der Waals surface area contributed by atoms with Crippen LogP contribution in [0, 0.1) is 5.92 Å². The fourth-order valence-electron chi connectivity index (χ4n) is 11.5. The molecule has 6 fully saturated rings. The van der Waals surface area contributed by atoms with E-state index < -0.39 is 12.5 Å². The largest absolute Gasteiger partial charge is 0.385 e. The van der Waals surface area contributed by atoms with Crippen LogP contribution in [0.25, 0.3) is 16.7 Å². The Balaban J connectivity index is 0.000000145. The van der Waals surface area contributed by atoms with Gasteiger partial charge in [-0.25, -0.2) is 23.1 Å². The highest BCUT2D eigenvalue weighted by molar-refractivity contribution is 6.00. The molecule has 0 radical (unpaired) electrons. The molecule has 5 saturated heterocycles. The number of alkyl halides is 2. The molecule has 2 N–H and O–H groups in total. The molecule has 11 rings (SSSR count). The number of halogens is 2. The van der Waals surface area contributed by atoms with E-state index in [1.807, 2.05) is 24.4 Å². The second kappa shape index (κ2) is 20.8. The summed E-state index contributed by atoms with van der Waals surface area (Å²) < 4.78 is 43.5. The average Bonchev–Trinajstić information content (AvgIpc) is 4.14. The van der Waals surface area contributed by atoms with Crippen LogP contribution >= 0.6 is 0 Å². The second-order valence-corrected chi connectivity index (χ2v) is 19.8. The molecule has 3 atom stereocenters. The summed E-state index contributed by atoms with van der Waals surface area (Å²) in [6.07, 6.45) is 12.9. The molecule has 6 aliphatic rings. The summed E-state index contributed by atoms with van der Waals surface area (Å²) in [6.45, 7) is 10.5. The Hall–Kier alpha value is -5.57. The number of likely N-dealkylation sites (N-methyl/N-ethyl adjacent to an activating group) is 1. The molecule has 9 heterocycles. The van der Waals surface area contributed by atoms with Gasteiger partial charge >= 0.3 is 5.69 Å². The molecule has 20 heteroatoms. The zero-order chi connectivity index (χ0) is 48.4. The Morgan fingerprint density at radius 1 is 1.00 bits per heavy atom. The van der Waals surface area contributed by atoms with Crippen LogP contribution in [0.15, 0.2) is 47.7 Å². The van der Waals surface area contributed by atoms with Gasteiger partial charge in [-0.2, -0.15) is 10.2 Å². The van der Waals surface area contributed by atoms with E-state index in [0.29, 0.717) is 54.4 Å². The fourth-order valence-corrected chi connectivity index (χ4v) is 11.5. The minimum atomic E-state index is -2.51. The number of morpholine rings is 1. The van der Waals surface area contributed by atoms with Crippen LogP contribution < -0.4 is 21.2 Å². The number of hydrogen-bond donors (Lipinski definition) is 2. The van der Waals surface area contributed by atoms with Crippen molar-refractivity contribution in [3.8, 4) is 0 Å². The number of ether oxygens (including phenoxy) is 2. The predicted molar refractivity (Wildman–Crippen MR) is 256 cm³/mol. The van der Waals surface area contributed by atoms with Crippen molar-refractivity contribution in [3.63, 3.8) is 0 Å². The Morgan fingerprint density at radius 2 is 1.78 bits per heavy atom. The second-order valence-electron chi connectivity index (χ2n) is 19.8. The first-order valence-electron chi connectivity index (χ1n) is 24.6. The first-order chi connectivity index (χ1) is 33.3. The zero-order valence-corrected chi connectivity index (χ0v) is 40.2. The van der Waals surface area contributed by atoms with Crippen molar-refractivity contribution >= 4 is 46.3 Å². The van der Waals surface area contributed by atoms with Crippen LogP contribution in [-0.2, 0) is 26.1 Å². The number of carbonyl (C=O) groups excluding carboxylic acids is 3. The lowest BCUT2D eigenvalue weighted by atomic mass is 9.86. The van der Waals surface area contributed by atoms with Crippen molar-refractivity contribution in [1.82, 2.24) is 48.6 Å². The van der Waals surface area contributed by atoms with Gasteiger partial charge in [0.2, 0.25) is 11.8 Å². The van der Waals surface area contributed by atoms with Crippen LogP contribution in [0.5, 0.6) is 0 Å². The summed E-state index contributed by atoms with van der Waals surface area (Å²) >= 11 is 0. The number of aldehydes is 1. The van der Waals surface area contributed by atoms with Crippen LogP contribution in [0.1, 0.15) is 117 Å². The number of piperidine rings is 2. The maximum absolute atomic E-state index is 13.2. The summed E-state index contributed by atoms with van der Waals surface area (Å²) in [6, 6.07) is 7.91. The number of benzene rings is 1. The predicted octanol–water partition coefficient (Wildman–Crippen LogP) is 5.35. The standard InChI is InChI=1S/C26H35N5O4.C12H14N4O2.C11H17F2N3/c1-28-15-26(16-28)12-17(14-35-26)13-30-10-8-18(9-11-30)19-4-3-5-20-23(19)29(2)25(34)31(20)21-6-7-22(32)27-24(21)33;1-9-8-18-5-4-15(9)11-2-3-16-12(14-11)10(7-17)6-13-16;1-14-9-7-16(15-10(9)11(12)13)8-5-3-2-4-6-8/h3-5,17-18,21H,6-16H2,1-2H3,(H,27,32,33);2-3,6-7,9H,4-5,8H2,1H3;7-8,11,14H,2-6H2,1H3/t;9-;/m.1./s1. The van der Waals surface area contributed by atoms with Gasteiger partial charge in [0.1, 0.15) is 11.9 Å². The quantitative estimate of drug-likeness (QED) is 0.143. The zero-order valence-electron chi connectivity index (χ0n) is 40.2. The number of imide groups is 1. The lowest BCUT2D eigenvalue weighted by molar-refractivity contribution is -0.135. The van der Waals surface area contributed by atoms with Gasteiger partial charge in [0.05, 0.1) is 66.0 Å². The number of carbonyl (C=O) groups is 3. The molecule has 69 heavy (non-hydrogen) atoms. The number of aromatic nitrogens is 7. The molecular formula is C49H66F2N12O6. The third-order valence-electron chi connectivity index (χ3n) is 15.0. The van der Waals surface area contributed by atoms with Gasteiger partial charge in [0.15, 0.2) is 17.6 Å². The highest BCUT2D eigenvalue weighted by atomic mass is 19.3. The molecular weight excluding hydrogens is 891 g/mol. The number of amides is 2. The maximum atomic E-state index is 13.2. The van der Waals surface area contributed by atoms with E-state index in [9.17, 15) is 28.0 Å². The highest BCUT2D eigenvalue weighted by Gasteiger charge is 2.48. The Morgan fingerprint density at radius 3 is 2.46 bits per heavy atom. The first-order valence-corrected chi connectivity index (χ1v) is 24.6. The molecule has 1 spiro atoms. The van der Waals surface area contributed by atoms with Gasteiger partial charge in [-0.05, 0) is 95.1 Å². The van der Waals surface area contributed by atoms with E-state index in [4.69, 9.17) is 9.47 Å². The Labute approximate surface area is 400 Å². The summed E-state index contributed by atoms with van der Waals surface area (Å²) in [5.41, 5.74) is 4.23. The summed E-state index contributed by atoms with van der Waals surface area (Å²) in [5, 5.41) is 13.2. The van der Waals surface area contributed by atoms with Crippen LogP contribution in [0.3, 0.4) is 0 Å². The van der Waals surface area contributed by atoms with E-state index in [2.05, 4.69) is 60.6 Å². The number of imidazole rings is 1. The number of fused-ring (bicyclic) bond motifs is 2. The normalized spacial score (nSPS) is 23.7. The highest BCUT2D eigenvalue weighted by Crippen LogP contribution is 2.39. The van der Waals surface area contributed by atoms with E-state index in [0.717, 1.165) is 94.7 Å². The smallest absolute Gasteiger partial charge is 0.329 e. The third-order valence-corrected chi connectivity index (χ3v) is 15.0. The van der Waals surface area contributed by atoms with Gasteiger partial charge in [0.25, 0.3) is 6.43 Å². The molecule has 1 saturated carbocycles.